The van der Waals surface area contributed by atoms with Crippen molar-refractivity contribution >= 4 is 29.1 Å². The number of hydrogen-bond acceptors (Lipinski definition) is 7. The SMILES string of the molecule is COc1ccc(-c2nc3n(n2)[C@H](CC(=O)Nc2cccc([N+](=O)[O-])c2)C(=O)N3)cc1. The molecule has 2 aromatic carbocycles. The van der Waals surface area contributed by atoms with Gasteiger partial charge in [-0.15, -0.1) is 5.10 Å². The number of nitrogens with one attached hydrogen (secondary N) is 2. The summed E-state index contributed by atoms with van der Waals surface area (Å²) in [7, 11) is 1.57. The van der Waals surface area contributed by atoms with Crippen molar-refractivity contribution in [2.45, 2.75) is 12.5 Å². The number of benzene rings is 2. The van der Waals surface area contributed by atoms with E-state index in [9.17, 15) is 19.7 Å². The normalized spacial score (nSPS) is 14.7. The van der Waals surface area contributed by atoms with Crippen molar-refractivity contribution in [1.82, 2.24) is 14.8 Å². The van der Waals surface area contributed by atoms with Gasteiger partial charge in [0, 0.05) is 23.4 Å². The number of carbonyl (C=O) groups excluding carboxylic acids is 2. The Labute approximate surface area is 169 Å². The molecular weight excluding hydrogens is 392 g/mol. The van der Waals surface area contributed by atoms with Crippen molar-refractivity contribution in [1.29, 1.82) is 0 Å². The van der Waals surface area contributed by atoms with Gasteiger partial charge in [0.25, 0.3) is 11.6 Å². The zero-order valence-electron chi connectivity index (χ0n) is 15.7. The van der Waals surface area contributed by atoms with Crippen LogP contribution >= 0.6 is 0 Å². The molecular formula is C19H16N6O5. The molecule has 2 N–H and O–H groups in total. The standard InChI is InChI=1S/C19H16N6O5/c1-30-14-7-5-11(6-8-14)17-21-19-22-18(27)15(24(19)23-17)10-16(26)20-12-3-2-4-13(9-12)25(28)29/h2-9,15H,10H2,1H3,(H,20,26)(H,21,22,23,27)/t15-/m1/s1. The van der Waals surface area contributed by atoms with Crippen molar-refractivity contribution in [2.75, 3.05) is 17.7 Å². The van der Waals surface area contributed by atoms with E-state index < -0.39 is 22.8 Å². The predicted octanol–water partition coefficient (Wildman–Crippen LogP) is 2.38. The van der Waals surface area contributed by atoms with Gasteiger partial charge in [0.1, 0.15) is 11.8 Å². The molecule has 2 amide bonds. The average Bonchev–Trinajstić information content (AvgIpc) is 3.27. The highest BCUT2D eigenvalue weighted by Crippen LogP contribution is 2.29. The summed E-state index contributed by atoms with van der Waals surface area (Å²) in [5, 5.41) is 20.4. The fraction of sp³-hybridized carbons (Fsp3) is 0.158. The molecule has 2 heterocycles. The molecule has 1 atom stereocenters. The molecule has 0 spiro atoms. The van der Waals surface area contributed by atoms with E-state index in [-0.39, 0.29) is 23.7 Å². The van der Waals surface area contributed by atoms with Crippen LogP contribution in [0.25, 0.3) is 11.4 Å². The zero-order chi connectivity index (χ0) is 21.3. The van der Waals surface area contributed by atoms with Crippen LogP contribution in [0.3, 0.4) is 0 Å². The molecule has 1 aliphatic heterocycles. The maximum Gasteiger partial charge on any atom is 0.271 e. The lowest BCUT2D eigenvalue weighted by Crippen LogP contribution is -2.23. The fourth-order valence-corrected chi connectivity index (χ4v) is 3.06. The van der Waals surface area contributed by atoms with Crippen LogP contribution < -0.4 is 15.4 Å². The first-order valence-corrected chi connectivity index (χ1v) is 8.91. The number of amides is 2. The van der Waals surface area contributed by atoms with Crippen molar-refractivity contribution < 1.29 is 19.2 Å². The maximum atomic E-state index is 12.4. The maximum absolute atomic E-state index is 12.4. The summed E-state index contributed by atoms with van der Waals surface area (Å²) in [5.74, 6) is 0.454. The summed E-state index contributed by atoms with van der Waals surface area (Å²) in [6, 6.07) is 11.8. The third kappa shape index (κ3) is 3.68. The lowest BCUT2D eigenvalue weighted by atomic mass is 10.2. The largest absolute Gasteiger partial charge is 0.497 e. The molecule has 0 unspecified atom stereocenters. The Kier molecular flexibility index (Phi) is 4.84. The van der Waals surface area contributed by atoms with Crippen molar-refractivity contribution in [3.63, 3.8) is 0 Å². The van der Waals surface area contributed by atoms with E-state index in [0.717, 1.165) is 5.56 Å². The number of nitro groups is 1. The zero-order valence-corrected chi connectivity index (χ0v) is 15.7. The van der Waals surface area contributed by atoms with E-state index in [1.54, 1.807) is 31.4 Å². The topological polar surface area (TPSA) is 141 Å². The van der Waals surface area contributed by atoms with Crippen LogP contribution in [0, 0.1) is 10.1 Å². The second kappa shape index (κ2) is 7.62. The molecule has 152 valence electrons. The summed E-state index contributed by atoms with van der Waals surface area (Å²) in [5.41, 5.74) is 0.853. The summed E-state index contributed by atoms with van der Waals surface area (Å²) in [6.07, 6.45) is -0.201. The number of fused-ring (bicyclic) bond motifs is 1. The van der Waals surface area contributed by atoms with E-state index in [2.05, 4.69) is 20.7 Å². The van der Waals surface area contributed by atoms with Crippen LogP contribution in [-0.4, -0.2) is 38.6 Å². The van der Waals surface area contributed by atoms with Crippen LogP contribution in [0.1, 0.15) is 12.5 Å². The third-order valence-electron chi connectivity index (χ3n) is 4.53. The van der Waals surface area contributed by atoms with Gasteiger partial charge in [-0.05, 0) is 30.3 Å². The van der Waals surface area contributed by atoms with Gasteiger partial charge in [-0.25, -0.2) is 4.68 Å². The van der Waals surface area contributed by atoms with Crippen LogP contribution in [0.15, 0.2) is 48.5 Å². The Morgan fingerprint density at radius 2 is 2.07 bits per heavy atom. The number of anilines is 2. The number of aromatic nitrogens is 3. The second-order valence-corrected chi connectivity index (χ2v) is 6.50. The first-order valence-electron chi connectivity index (χ1n) is 8.91. The molecule has 1 aliphatic rings. The van der Waals surface area contributed by atoms with Crippen molar-refractivity contribution in [3.05, 3.63) is 58.6 Å². The predicted molar refractivity (Wildman–Crippen MR) is 106 cm³/mol. The van der Waals surface area contributed by atoms with Gasteiger partial charge in [0.2, 0.25) is 11.9 Å². The van der Waals surface area contributed by atoms with Crippen LogP contribution in [-0.2, 0) is 9.59 Å². The smallest absolute Gasteiger partial charge is 0.271 e. The van der Waals surface area contributed by atoms with Crippen LogP contribution in [0.5, 0.6) is 5.75 Å². The van der Waals surface area contributed by atoms with Gasteiger partial charge < -0.3 is 10.1 Å². The molecule has 4 rings (SSSR count). The molecule has 0 saturated carbocycles. The third-order valence-corrected chi connectivity index (χ3v) is 4.53. The van der Waals surface area contributed by atoms with Gasteiger partial charge in [-0.2, -0.15) is 4.98 Å². The highest BCUT2D eigenvalue weighted by Gasteiger charge is 2.35. The number of nitro benzene ring substituents is 1. The van der Waals surface area contributed by atoms with Crippen LogP contribution in [0.4, 0.5) is 17.3 Å². The molecule has 0 radical (unpaired) electrons. The summed E-state index contributed by atoms with van der Waals surface area (Å²) >= 11 is 0. The number of methoxy groups -OCH3 is 1. The summed E-state index contributed by atoms with van der Waals surface area (Å²) < 4.78 is 6.50. The lowest BCUT2D eigenvalue weighted by Gasteiger charge is -2.10. The first-order chi connectivity index (χ1) is 14.4. The molecule has 30 heavy (non-hydrogen) atoms. The Hall–Kier alpha value is -4.28. The second-order valence-electron chi connectivity index (χ2n) is 6.50. The molecule has 0 bridgehead atoms. The average molecular weight is 408 g/mol. The number of nitrogens with zero attached hydrogens (tertiary/aromatic N) is 4. The fourth-order valence-electron chi connectivity index (χ4n) is 3.06. The van der Waals surface area contributed by atoms with E-state index in [0.29, 0.717) is 11.6 Å². The number of carbonyl (C=O) groups is 2. The molecule has 11 nitrogen and oxygen atoms in total. The minimum Gasteiger partial charge on any atom is -0.497 e. The Balaban J connectivity index is 1.50. The summed E-state index contributed by atoms with van der Waals surface area (Å²) in [4.78, 5) is 39.3. The number of ether oxygens (including phenoxy) is 1. The van der Waals surface area contributed by atoms with Gasteiger partial charge >= 0.3 is 0 Å². The molecule has 1 aromatic heterocycles. The number of non-ortho nitro benzene ring substituents is 1. The summed E-state index contributed by atoms with van der Waals surface area (Å²) in [6.45, 7) is 0. The Morgan fingerprint density at radius 3 is 2.77 bits per heavy atom. The lowest BCUT2D eigenvalue weighted by molar-refractivity contribution is -0.384. The monoisotopic (exact) mass is 408 g/mol. The van der Waals surface area contributed by atoms with Crippen molar-refractivity contribution in [3.8, 4) is 17.1 Å². The molecule has 0 saturated heterocycles. The molecule has 11 heteroatoms. The van der Waals surface area contributed by atoms with Gasteiger partial charge in [-0.3, -0.25) is 25.0 Å². The van der Waals surface area contributed by atoms with Crippen molar-refractivity contribution in [2.24, 2.45) is 0 Å². The van der Waals surface area contributed by atoms with E-state index in [1.807, 2.05) is 0 Å². The number of rotatable bonds is 6. The van der Waals surface area contributed by atoms with E-state index in [1.165, 1.54) is 28.9 Å². The van der Waals surface area contributed by atoms with Crippen LogP contribution in [0.2, 0.25) is 0 Å². The minimum absolute atomic E-state index is 0.144. The minimum atomic E-state index is -0.877. The van der Waals surface area contributed by atoms with Gasteiger partial charge in [0.15, 0.2) is 5.82 Å². The molecule has 0 fully saturated rings. The first kappa shape index (κ1) is 19.1. The number of hydrogen-bond donors (Lipinski definition) is 2. The van der Waals surface area contributed by atoms with Gasteiger partial charge in [-0.1, -0.05) is 6.07 Å². The van der Waals surface area contributed by atoms with Gasteiger partial charge in [0.05, 0.1) is 18.5 Å². The molecule has 3 aromatic rings. The Morgan fingerprint density at radius 1 is 1.30 bits per heavy atom. The quantitative estimate of drug-likeness (QED) is 0.471. The van der Waals surface area contributed by atoms with E-state index >= 15 is 0 Å². The Bertz CT molecular complexity index is 1140. The van der Waals surface area contributed by atoms with E-state index in [4.69, 9.17) is 4.74 Å². The highest BCUT2D eigenvalue weighted by atomic mass is 16.6. The molecule has 0 aliphatic carbocycles. The highest BCUT2D eigenvalue weighted by molar-refractivity contribution is 6.01.